The Morgan fingerprint density at radius 1 is 1.05 bits per heavy atom. The molecule has 1 aliphatic rings. The van der Waals surface area contributed by atoms with Gasteiger partial charge in [0.25, 0.3) is 5.91 Å². The molecule has 8 nitrogen and oxygen atoms in total. The van der Waals surface area contributed by atoms with Crippen molar-refractivity contribution < 1.29 is 27.9 Å². The number of halogens is 3. The predicted molar refractivity (Wildman–Crippen MR) is 138 cm³/mol. The summed E-state index contributed by atoms with van der Waals surface area (Å²) in [4.78, 5) is 33.1. The zero-order valence-corrected chi connectivity index (χ0v) is 20.8. The normalized spacial score (nSPS) is 12.9. The lowest BCUT2D eigenvalue weighted by Gasteiger charge is -2.20. The van der Waals surface area contributed by atoms with E-state index in [1.54, 1.807) is 6.20 Å². The molecule has 0 bridgehead atoms. The fourth-order valence-corrected chi connectivity index (χ4v) is 3.67. The quantitative estimate of drug-likeness (QED) is 0.469. The van der Waals surface area contributed by atoms with E-state index in [1.165, 1.54) is 0 Å². The van der Waals surface area contributed by atoms with Gasteiger partial charge < -0.3 is 25.2 Å². The number of fused-ring (bicyclic) bond motifs is 1. The second-order valence-electron chi connectivity index (χ2n) is 8.72. The zero-order chi connectivity index (χ0) is 27.3. The van der Waals surface area contributed by atoms with E-state index in [1.807, 2.05) is 52.5 Å². The second kappa shape index (κ2) is 11.2. The van der Waals surface area contributed by atoms with E-state index >= 15 is 0 Å². The zero-order valence-electron chi connectivity index (χ0n) is 20.8. The van der Waals surface area contributed by atoms with Crippen LogP contribution >= 0.6 is 0 Å². The van der Waals surface area contributed by atoms with Gasteiger partial charge in [-0.3, -0.25) is 9.78 Å². The lowest BCUT2D eigenvalue weighted by Crippen LogP contribution is -2.31. The first-order valence-electron chi connectivity index (χ1n) is 11.3. The van der Waals surface area contributed by atoms with E-state index in [0.717, 1.165) is 51.6 Å². The Kier molecular flexibility index (Phi) is 8.26. The Bertz CT molecular complexity index is 1310. The number of hydrogen-bond donors (Lipinski definition) is 3. The molecule has 1 aliphatic heterocycles. The van der Waals surface area contributed by atoms with Crippen LogP contribution in [0.2, 0.25) is 0 Å². The van der Waals surface area contributed by atoms with Gasteiger partial charge in [0, 0.05) is 75.7 Å². The number of aromatic amines is 1. The van der Waals surface area contributed by atoms with Crippen LogP contribution in [0.1, 0.15) is 27.3 Å². The lowest BCUT2D eigenvalue weighted by molar-refractivity contribution is -0.192. The molecule has 3 aromatic rings. The number of aliphatic carboxylic acids is 1. The van der Waals surface area contributed by atoms with Crippen molar-refractivity contribution in [2.24, 2.45) is 0 Å². The molecule has 0 saturated carbocycles. The summed E-state index contributed by atoms with van der Waals surface area (Å²) < 4.78 is 31.7. The van der Waals surface area contributed by atoms with Gasteiger partial charge in [0.05, 0.1) is 11.3 Å². The van der Waals surface area contributed by atoms with Crippen molar-refractivity contribution in [3.63, 3.8) is 0 Å². The van der Waals surface area contributed by atoms with Crippen LogP contribution in [-0.4, -0.2) is 67.9 Å². The molecule has 0 radical (unpaired) electrons. The van der Waals surface area contributed by atoms with Crippen LogP contribution in [0.15, 0.2) is 42.6 Å². The number of hydrogen-bond acceptors (Lipinski definition) is 5. The number of alkyl halides is 3. The highest BCUT2D eigenvalue weighted by atomic mass is 19.4. The molecular formula is C26H28F3N5O3. The largest absolute Gasteiger partial charge is 0.490 e. The van der Waals surface area contributed by atoms with Crippen molar-refractivity contribution in [3.05, 3.63) is 65.1 Å². The molecule has 4 rings (SSSR count). The maximum absolute atomic E-state index is 12.0. The van der Waals surface area contributed by atoms with E-state index in [0.29, 0.717) is 6.54 Å². The number of nitrogens with one attached hydrogen (secondary N) is 2. The Hall–Kier alpha value is -4.28. The summed E-state index contributed by atoms with van der Waals surface area (Å²) in [5.41, 5.74) is 8.00. The second-order valence-corrected chi connectivity index (χ2v) is 8.72. The number of H-pyrrole nitrogens is 1. The van der Waals surface area contributed by atoms with Crippen LogP contribution in [0, 0.1) is 0 Å². The van der Waals surface area contributed by atoms with Crippen molar-refractivity contribution in [2.75, 3.05) is 44.5 Å². The van der Waals surface area contributed by atoms with Gasteiger partial charge in [-0.25, -0.2) is 4.79 Å². The third-order valence-corrected chi connectivity index (χ3v) is 5.59. The van der Waals surface area contributed by atoms with Crippen LogP contribution in [0.3, 0.4) is 0 Å². The molecule has 0 atom stereocenters. The number of nitrogens with zero attached hydrogens (tertiary/aromatic N) is 3. The molecule has 11 heteroatoms. The number of carboxylic acids is 1. The molecule has 2 aromatic heterocycles. The fraction of sp³-hybridized carbons (Fsp3) is 0.269. The maximum atomic E-state index is 12.0. The van der Waals surface area contributed by atoms with Crippen molar-refractivity contribution in [3.8, 4) is 11.3 Å². The number of benzene rings is 1. The number of carbonyl (C=O) groups is 2. The first kappa shape index (κ1) is 27.3. The minimum absolute atomic E-state index is 0.00897. The van der Waals surface area contributed by atoms with Crippen LogP contribution in [0.25, 0.3) is 23.4 Å². The maximum Gasteiger partial charge on any atom is 0.490 e. The Balaban J connectivity index is 0.000000479. The highest BCUT2D eigenvalue weighted by Gasteiger charge is 2.38. The Morgan fingerprint density at radius 2 is 1.76 bits per heavy atom. The van der Waals surface area contributed by atoms with Crippen LogP contribution in [0.5, 0.6) is 0 Å². The standard InChI is InChI=1S/C24H27N5O.C2HF3O2/c1-28(2)19-8-6-16(23(14-19)29(3)4)5-7-18-13-17(9-11-25-18)22-15-20-21(27-22)10-12-26-24(20)30;3-2(4,5)1(6)7/h5-9,11,13-15,27H,10,12H2,1-4H3,(H,26,30);(H,6,7). The molecule has 3 N–H and O–H groups in total. The summed E-state index contributed by atoms with van der Waals surface area (Å²) in [6.07, 6.45) is 1.66. The van der Waals surface area contributed by atoms with Crippen LogP contribution in [-0.2, 0) is 11.2 Å². The number of aromatic nitrogens is 2. The molecule has 0 spiro atoms. The van der Waals surface area contributed by atoms with Gasteiger partial charge in [0.15, 0.2) is 0 Å². The summed E-state index contributed by atoms with van der Waals surface area (Å²) in [5, 5.41) is 10.0. The first-order valence-corrected chi connectivity index (χ1v) is 11.3. The molecule has 0 unspecified atom stereocenters. The van der Waals surface area contributed by atoms with Gasteiger partial charge >= 0.3 is 12.1 Å². The molecule has 1 aromatic carbocycles. The number of pyridine rings is 1. The minimum atomic E-state index is -5.08. The average Bonchev–Trinajstić information content (AvgIpc) is 3.28. The van der Waals surface area contributed by atoms with Crippen molar-refractivity contribution in [2.45, 2.75) is 12.6 Å². The van der Waals surface area contributed by atoms with E-state index < -0.39 is 12.1 Å². The van der Waals surface area contributed by atoms with Gasteiger partial charge in [-0.1, -0.05) is 12.1 Å². The van der Waals surface area contributed by atoms with Gasteiger partial charge in [0.2, 0.25) is 0 Å². The Morgan fingerprint density at radius 3 is 2.35 bits per heavy atom. The molecular weight excluding hydrogens is 487 g/mol. The van der Waals surface area contributed by atoms with Gasteiger partial charge in [-0.15, -0.1) is 0 Å². The topological polar surface area (TPSA) is 102 Å². The van der Waals surface area contributed by atoms with Gasteiger partial charge in [-0.2, -0.15) is 13.2 Å². The SMILES string of the molecule is CN(C)c1ccc(C=Cc2cc(-c3cc4c([nH]3)CCNC4=O)ccn2)c(N(C)C)c1.O=C(O)C(F)(F)F. The van der Waals surface area contributed by atoms with Crippen molar-refractivity contribution >= 4 is 35.4 Å². The average molecular weight is 516 g/mol. The molecule has 37 heavy (non-hydrogen) atoms. The van der Waals surface area contributed by atoms with E-state index in [9.17, 15) is 18.0 Å². The van der Waals surface area contributed by atoms with Crippen LogP contribution in [0.4, 0.5) is 24.5 Å². The molecule has 1 amide bonds. The Labute approximate surface area is 212 Å². The van der Waals surface area contributed by atoms with E-state index in [-0.39, 0.29) is 5.91 Å². The minimum Gasteiger partial charge on any atom is -0.475 e. The monoisotopic (exact) mass is 515 g/mol. The number of amides is 1. The van der Waals surface area contributed by atoms with E-state index in [2.05, 4.69) is 49.4 Å². The fourth-order valence-electron chi connectivity index (χ4n) is 3.67. The predicted octanol–water partition coefficient (Wildman–Crippen LogP) is 4.30. The summed E-state index contributed by atoms with van der Waals surface area (Å²) in [5.74, 6) is -2.77. The third kappa shape index (κ3) is 6.90. The third-order valence-electron chi connectivity index (χ3n) is 5.59. The van der Waals surface area contributed by atoms with Crippen LogP contribution < -0.4 is 15.1 Å². The molecule has 0 fully saturated rings. The summed E-state index contributed by atoms with van der Waals surface area (Å²) in [6, 6.07) is 12.3. The number of carbonyl (C=O) groups excluding carboxylic acids is 1. The molecule has 196 valence electrons. The number of rotatable bonds is 5. The first-order chi connectivity index (χ1) is 17.4. The van der Waals surface area contributed by atoms with Gasteiger partial charge in [-0.05, 0) is 42.0 Å². The van der Waals surface area contributed by atoms with Crippen molar-refractivity contribution in [1.82, 2.24) is 15.3 Å². The summed E-state index contributed by atoms with van der Waals surface area (Å²) in [6.45, 7) is 0.678. The van der Waals surface area contributed by atoms with E-state index in [4.69, 9.17) is 9.90 Å². The molecule has 3 heterocycles. The highest BCUT2D eigenvalue weighted by Crippen LogP contribution is 2.28. The molecule has 0 aliphatic carbocycles. The lowest BCUT2D eigenvalue weighted by atomic mass is 10.1. The number of anilines is 2. The summed E-state index contributed by atoms with van der Waals surface area (Å²) in [7, 11) is 8.19. The number of carboxylic acid groups (broad SMARTS) is 1. The summed E-state index contributed by atoms with van der Waals surface area (Å²) >= 11 is 0. The smallest absolute Gasteiger partial charge is 0.475 e. The molecule has 0 saturated heterocycles. The van der Waals surface area contributed by atoms with Crippen molar-refractivity contribution in [1.29, 1.82) is 0 Å². The van der Waals surface area contributed by atoms with Gasteiger partial charge in [0.1, 0.15) is 0 Å². The highest BCUT2D eigenvalue weighted by molar-refractivity contribution is 5.97.